The van der Waals surface area contributed by atoms with Gasteiger partial charge in [-0.3, -0.25) is 0 Å². The molecule has 2 aromatic rings. The van der Waals surface area contributed by atoms with E-state index in [4.69, 9.17) is 23.2 Å². The maximum absolute atomic E-state index is 7.00. The minimum atomic E-state index is -0.677. The summed E-state index contributed by atoms with van der Waals surface area (Å²) in [5.41, 5.74) is 4.47. The fourth-order valence-electron chi connectivity index (χ4n) is 3.56. The molecule has 0 N–H and O–H groups in total. The smallest absolute Gasteiger partial charge is 0.105 e. The first kappa shape index (κ1) is 19.8. The van der Waals surface area contributed by atoms with Crippen LogP contribution in [0.1, 0.15) is 22.3 Å². The summed E-state index contributed by atoms with van der Waals surface area (Å²) in [5.74, 6) is 0. The van der Waals surface area contributed by atoms with Crippen LogP contribution in [0.5, 0.6) is 0 Å². The third-order valence-electron chi connectivity index (χ3n) is 4.92. The molecule has 0 amide bonds. The van der Waals surface area contributed by atoms with E-state index in [9.17, 15) is 0 Å². The SMILES string of the molecule is C=CC1(Cl)C([Si]C2=Cc3ccccc3C2(Cl)C=C)=Cc2ccccc21.[Zr]. The Bertz CT molecular complexity index is 885. The average Bonchev–Trinajstić information content (AvgIpc) is 3.09. The Balaban J connectivity index is 0.00000196. The second-order valence-corrected chi connectivity index (χ2v) is 8.77. The van der Waals surface area contributed by atoms with Crippen LogP contribution in [-0.2, 0) is 36.0 Å². The minimum Gasteiger partial charge on any atom is -0.105 e. The molecule has 0 aromatic heterocycles. The van der Waals surface area contributed by atoms with Gasteiger partial charge in [-0.25, -0.2) is 0 Å². The van der Waals surface area contributed by atoms with Gasteiger partial charge in [0.1, 0.15) is 19.3 Å². The molecule has 0 saturated carbocycles. The predicted octanol–water partition coefficient (Wildman–Crippen LogP) is 6.04. The van der Waals surface area contributed by atoms with E-state index < -0.39 is 9.75 Å². The van der Waals surface area contributed by atoms with Gasteiger partial charge in [-0.15, -0.1) is 36.4 Å². The fourth-order valence-corrected chi connectivity index (χ4v) is 5.88. The summed E-state index contributed by atoms with van der Waals surface area (Å²) >= 11 is 14.0. The Morgan fingerprint density at radius 1 is 0.731 bits per heavy atom. The molecule has 2 atom stereocenters. The van der Waals surface area contributed by atoms with Crippen molar-refractivity contribution in [3.8, 4) is 0 Å². The van der Waals surface area contributed by atoms with Crippen LogP contribution in [0.25, 0.3) is 12.2 Å². The summed E-state index contributed by atoms with van der Waals surface area (Å²) in [7, 11) is 0.364. The molecule has 0 spiro atoms. The van der Waals surface area contributed by atoms with Crippen LogP contribution in [0.2, 0.25) is 0 Å². The van der Waals surface area contributed by atoms with Crippen molar-refractivity contribution in [3.63, 3.8) is 0 Å². The van der Waals surface area contributed by atoms with E-state index >= 15 is 0 Å². The van der Waals surface area contributed by atoms with Crippen LogP contribution in [0.3, 0.4) is 0 Å². The minimum absolute atomic E-state index is 0. The summed E-state index contributed by atoms with van der Waals surface area (Å²) in [6, 6.07) is 16.4. The van der Waals surface area contributed by atoms with E-state index in [0.29, 0.717) is 9.52 Å². The van der Waals surface area contributed by atoms with E-state index in [1.807, 2.05) is 36.4 Å². The van der Waals surface area contributed by atoms with Crippen LogP contribution in [0.15, 0.2) is 84.2 Å². The number of rotatable bonds is 4. The Morgan fingerprint density at radius 2 is 1.12 bits per heavy atom. The van der Waals surface area contributed by atoms with E-state index in [0.717, 1.165) is 32.6 Å². The number of hydrogen-bond donors (Lipinski definition) is 0. The molecule has 0 fully saturated rings. The first-order valence-electron chi connectivity index (χ1n) is 8.08. The third-order valence-corrected chi connectivity index (χ3v) is 7.98. The van der Waals surface area contributed by atoms with Gasteiger partial charge in [-0.2, -0.15) is 0 Å². The van der Waals surface area contributed by atoms with Crippen molar-refractivity contribution in [2.45, 2.75) is 9.75 Å². The van der Waals surface area contributed by atoms with E-state index in [1.54, 1.807) is 0 Å². The fraction of sp³-hybridized carbons (Fsp3) is 0.0909. The number of halogens is 2. The van der Waals surface area contributed by atoms with Gasteiger partial charge < -0.3 is 0 Å². The molecule has 26 heavy (non-hydrogen) atoms. The second-order valence-electron chi connectivity index (χ2n) is 6.25. The number of alkyl halides is 2. The van der Waals surface area contributed by atoms with Gasteiger partial charge in [0.25, 0.3) is 0 Å². The Hall–Kier alpha value is -0.920. The van der Waals surface area contributed by atoms with Crippen molar-refractivity contribution in [3.05, 3.63) is 106 Å². The van der Waals surface area contributed by atoms with Gasteiger partial charge in [0.2, 0.25) is 0 Å². The number of allylic oxidation sites excluding steroid dienone is 4. The standard InChI is InChI=1S/C22H16Cl2Si.Zr/c1-3-21(23)17-11-7-5-9-15(17)13-19(21)25-20-14-16-10-6-8-12-18(16)22(20,24)4-2;/h3-14H,1-2H2;. The molecule has 0 bridgehead atoms. The molecule has 2 radical (unpaired) electrons. The van der Waals surface area contributed by atoms with Crippen molar-refractivity contribution >= 4 is 44.9 Å². The molecule has 2 aliphatic rings. The number of hydrogen-bond acceptors (Lipinski definition) is 0. The molecule has 2 aliphatic carbocycles. The molecule has 0 heterocycles. The topological polar surface area (TPSA) is 0 Å². The molecular formula is C22H16Cl2SiZr. The maximum atomic E-state index is 7.00. The summed E-state index contributed by atoms with van der Waals surface area (Å²) in [6.45, 7) is 7.99. The zero-order valence-electron chi connectivity index (χ0n) is 14.1. The van der Waals surface area contributed by atoms with E-state index in [1.165, 1.54) is 0 Å². The van der Waals surface area contributed by atoms with Gasteiger partial charge in [-0.1, -0.05) is 83.2 Å². The van der Waals surface area contributed by atoms with Gasteiger partial charge in [0, 0.05) is 26.2 Å². The summed E-state index contributed by atoms with van der Waals surface area (Å²) in [5, 5.41) is 2.24. The van der Waals surface area contributed by atoms with Crippen molar-refractivity contribution in [1.82, 2.24) is 0 Å². The van der Waals surface area contributed by atoms with Crippen molar-refractivity contribution in [2.24, 2.45) is 0 Å². The normalized spacial score (nSPS) is 25.5. The van der Waals surface area contributed by atoms with E-state index in [-0.39, 0.29) is 26.2 Å². The zero-order chi connectivity index (χ0) is 17.7. The van der Waals surface area contributed by atoms with Crippen LogP contribution >= 0.6 is 23.2 Å². The first-order chi connectivity index (χ1) is 12.0. The van der Waals surface area contributed by atoms with Gasteiger partial charge in [-0.05, 0) is 22.3 Å². The third kappa shape index (κ3) is 2.83. The molecule has 0 saturated heterocycles. The van der Waals surface area contributed by atoms with Crippen molar-refractivity contribution < 1.29 is 26.2 Å². The molecule has 2 aromatic carbocycles. The quantitative estimate of drug-likeness (QED) is 0.290. The number of fused-ring (bicyclic) bond motifs is 2. The zero-order valence-corrected chi connectivity index (χ0v) is 19.1. The second kappa shape index (κ2) is 7.24. The molecule has 4 rings (SSSR count). The molecule has 126 valence electrons. The molecule has 2 unspecified atom stereocenters. The largest absolute Gasteiger partial charge is 0.116 e. The molecule has 0 aliphatic heterocycles. The van der Waals surface area contributed by atoms with Crippen molar-refractivity contribution in [2.75, 3.05) is 0 Å². The van der Waals surface area contributed by atoms with Gasteiger partial charge in [0.05, 0.1) is 0 Å². The Labute approximate surface area is 186 Å². The van der Waals surface area contributed by atoms with Crippen LogP contribution < -0.4 is 0 Å². The summed E-state index contributed by atoms with van der Waals surface area (Å²) in [4.78, 5) is -1.35. The van der Waals surface area contributed by atoms with Crippen LogP contribution in [0, 0.1) is 0 Å². The average molecular weight is 471 g/mol. The molecule has 0 nitrogen and oxygen atoms in total. The number of benzene rings is 2. The maximum Gasteiger partial charge on any atom is 0.116 e. The summed E-state index contributed by atoms with van der Waals surface area (Å²) in [6.07, 6.45) is 8.00. The Morgan fingerprint density at radius 3 is 1.50 bits per heavy atom. The van der Waals surface area contributed by atoms with Crippen LogP contribution in [0.4, 0.5) is 0 Å². The first-order valence-corrected chi connectivity index (χ1v) is 9.84. The Kier molecular flexibility index (Phi) is 5.53. The molecular weight excluding hydrogens is 454 g/mol. The summed E-state index contributed by atoms with van der Waals surface area (Å²) < 4.78 is 0. The molecule has 4 heteroatoms. The monoisotopic (exact) mass is 468 g/mol. The predicted molar refractivity (Wildman–Crippen MR) is 110 cm³/mol. The van der Waals surface area contributed by atoms with E-state index in [2.05, 4.69) is 49.6 Å². The van der Waals surface area contributed by atoms with Crippen LogP contribution in [-0.4, -0.2) is 9.52 Å². The van der Waals surface area contributed by atoms with Gasteiger partial charge in [0.15, 0.2) is 0 Å². The van der Waals surface area contributed by atoms with Crippen molar-refractivity contribution in [1.29, 1.82) is 0 Å². The van der Waals surface area contributed by atoms with Gasteiger partial charge >= 0.3 is 0 Å².